The summed E-state index contributed by atoms with van der Waals surface area (Å²) in [5.41, 5.74) is -0.166. The van der Waals surface area contributed by atoms with Gasteiger partial charge in [-0.15, -0.1) is 11.8 Å². The first-order valence-corrected chi connectivity index (χ1v) is 8.94. The summed E-state index contributed by atoms with van der Waals surface area (Å²) >= 11 is 1.17. The molecule has 0 aromatic heterocycles. The summed E-state index contributed by atoms with van der Waals surface area (Å²) < 4.78 is 30.6. The van der Waals surface area contributed by atoms with Gasteiger partial charge >= 0.3 is 5.97 Å². The maximum Gasteiger partial charge on any atom is 0.334 e. The highest BCUT2D eigenvalue weighted by Gasteiger charge is 2.40. The number of ether oxygens (including phenoxy) is 1. The van der Waals surface area contributed by atoms with Gasteiger partial charge in [0.1, 0.15) is 0 Å². The number of carbonyl (C=O) groups is 1. The van der Waals surface area contributed by atoms with Crippen molar-refractivity contribution in [3.05, 3.63) is 39.9 Å². The van der Waals surface area contributed by atoms with Crippen molar-refractivity contribution in [2.45, 2.75) is 11.1 Å². The quantitative estimate of drug-likeness (QED) is 0.444. The maximum absolute atomic E-state index is 12.5. The fourth-order valence-electron chi connectivity index (χ4n) is 2.12. The number of benzene rings is 1. The van der Waals surface area contributed by atoms with Gasteiger partial charge in [-0.25, -0.2) is 13.2 Å². The second-order valence-electron chi connectivity index (χ2n) is 4.50. The molecule has 1 saturated heterocycles. The Balaban J connectivity index is 2.28. The second-order valence-corrected chi connectivity index (χ2v) is 7.61. The highest BCUT2D eigenvalue weighted by molar-refractivity contribution is 8.01. The normalized spacial score (nSPS) is 19.0. The molecule has 1 aliphatic heterocycles. The lowest BCUT2D eigenvalue weighted by Gasteiger charge is -2.21. The summed E-state index contributed by atoms with van der Waals surface area (Å²) in [5, 5.41) is 10.0. The standard InChI is InChI=1S/C12H14N2O6S2/c1-20-12(15)11-13(6-7-21-11)22(18,19)8-9-4-2-3-5-10(9)14(16)17/h2-5,11H,6-8H2,1H3. The number of hydrogen-bond acceptors (Lipinski definition) is 7. The molecule has 1 aromatic carbocycles. The Hall–Kier alpha value is -1.65. The predicted octanol–water partition coefficient (Wildman–Crippen LogP) is 0.972. The highest BCUT2D eigenvalue weighted by atomic mass is 32.2. The molecule has 8 nitrogen and oxygen atoms in total. The molecule has 22 heavy (non-hydrogen) atoms. The lowest BCUT2D eigenvalue weighted by Crippen LogP contribution is -2.40. The van der Waals surface area contributed by atoms with Crippen molar-refractivity contribution in [1.82, 2.24) is 4.31 Å². The van der Waals surface area contributed by atoms with E-state index in [1.165, 1.54) is 43.1 Å². The van der Waals surface area contributed by atoms with Crippen LogP contribution in [0.25, 0.3) is 0 Å². The van der Waals surface area contributed by atoms with Crippen molar-refractivity contribution in [2.24, 2.45) is 0 Å². The maximum atomic E-state index is 12.5. The monoisotopic (exact) mass is 346 g/mol. The number of methoxy groups -OCH3 is 1. The average Bonchev–Trinajstić information content (AvgIpc) is 2.96. The number of nitro benzene ring substituents is 1. The second kappa shape index (κ2) is 6.63. The van der Waals surface area contributed by atoms with E-state index in [1.807, 2.05) is 0 Å². The fourth-order valence-corrected chi connectivity index (χ4v) is 5.39. The lowest BCUT2D eigenvalue weighted by molar-refractivity contribution is -0.385. The Morgan fingerprint density at radius 1 is 1.50 bits per heavy atom. The Morgan fingerprint density at radius 2 is 2.18 bits per heavy atom. The highest BCUT2D eigenvalue weighted by Crippen LogP contribution is 2.30. The van der Waals surface area contributed by atoms with Gasteiger partial charge in [0.2, 0.25) is 10.0 Å². The average molecular weight is 346 g/mol. The van der Waals surface area contributed by atoms with Crippen molar-refractivity contribution in [3.63, 3.8) is 0 Å². The number of sulfonamides is 1. The van der Waals surface area contributed by atoms with Crippen LogP contribution in [0.5, 0.6) is 0 Å². The van der Waals surface area contributed by atoms with Crippen molar-refractivity contribution >= 4 is 33.4 Å². The number of thioether (sulfide) groups is 1. The first-order chi connectivity index (χ1) is 10.4. The fraction of sp³-hybridized carbons (Fsp3) is 0.417. The summed E-state index contributed by atoms with van der Waals surface area (Å²) in [6.45, 7) is 0.174. The molecule has 0 radical (unpaired) electrons. The van der Waals surface area contributed by atoms with Gasteiger partial charge in [-0.05, 0) is 0 Å². The molecule has 2 rings (SSSR count). The number of nitrogens with zero attached hydrogens (tertiary/aromatic N) is 2. The molecule has 1 fully saturated rings. The smallest absolute Gasteiger partial charge is 0.334 e. The molecular weight excluding hydrogens is 332 g/mol. The van der Waals surface area contributed by atoms with Gasteiger partial charge in [0, 0.05) is 23.9 Å². The largest absolute Gasteiger partial charge is 0.467 e. The summed E-state index contributed by atoms with van der Waals surface area (Å²) in [4.78, 5) is 22.0. The van der Waals surface area contributed by atoms with Crippen LogP contribution in [0.1, 0.15) is 5.56 Å². The van der Waals surface area contributed by atoms with Crippen molar-refractivity contribution in [3.8, 4) is 0 Å². The van der Waals surface area contributed by atoms with Gasteiger partial charge in [-0.3, -0.25) is 10.1 Å². The molecule has 1 aliphatic rings. The van der Waals surface area contributed by atoms with Gasteiger partial charge in [0.15, 0.2) is 5.37 Å². The van der Waals surface area contributed by atoms with Crippen LogP contribution in [-0.2, 0) is 25.3 Å². The van der Waals surface area contributed by atoms with Crippen molar-refractivity contribution < 1.29 is 22.9 Å². The third-order valence-electron chi connectivity index (χ3n) is 3.14. The molecule has 1 unspecified atom stereocenters. The van der Waals surface area contributed by atoms with Crippen LogP contribution in [0.4, 0.5) is 5.69 Å². The zero-order valence-corrected chi connectivity index (χ0v) is 13.3. The predicted molar refractivity (Wildman–Crippen MR) is 80.7 cm³/mol. The Bertz CT molecular complexity index is 691. The molecule has 0 spiro atoms. The van der Waals surface area contributed by atoms with E-state index >= 15 is 0 Å². The Kier molecular flexibility index (Phi) is 5.04. The Morgan fingerprint density at radius 3 is 2.82 bits per heavy atom. The minimum atomic E-state index is -3.87. The third-order valence-corrected chi connectivity index (χ3v) is 6.23. The van der Waals surface area contributed by atoms with Crippen LogP contribution in [0.2, 0.25) is 0 Å². The van der Waals surface area contributed by atoms with Crippen LogP contribution in [0.15, 0.2) is 24.3 Å². The summed E-state index contributed by atoms with van der Waals surface area (Å²) in [6.07, 6.45) is 0. The first-order valence-electron chi connectivity index (χ1n) is 6.28. The molecule has 0 amide bonds. The minimum absolute atomic E-state index is 0.0908. The third kappa shape index (κ3) is 3.39. The van der Waals surface area contributed by atoms with Crippen molar-refractivity contribution in [2.75, 3.05) is 19.4 Å². The number of esters is 1. The van der Waals surface area contributed by atoms with E-state index in [9.17, 15) is 23.3 Å². The van der Waals surface area contributed by atoms with Crippen LogP contribution < -0.4 is 0 Å². The topological polar surface area (TPSA) is 107 Å². The molecule has 10 heteroatoms. The molecule has 120 valence electrons. The van der Waals surface area contributed by atoms with E-state index in [0.717, 1.165) is 4.31 Å². The zero-order valence-electron chi connectivity index (χ0n) is 11.7. The summed E-state index contributed by atoms with van der Waals surface area (Å²) in [5.74, 6) is -0.706. The van der Waals surface area contributed by atoms with Crippen LogP contribution >= 0.6 is 11.8 Å². The number of carbonyl (C=O) groups excluding carboxylic acids is 1. The van der Waals surface area contributed by atoms with E-state index in [1.54, 1.807) is 0 Å². The first kappa shape index (κ1) is 16.7. The lowest BCUT2D eigenvalue weighted by atomic mass is 10.2. The molecule has 0 saturated carbocycles. The van der Waals surface area contributed by atoms with E-state index < -0.39 is 32.0 Å². The number of rotatable bonds is 5. The molecule has 0 aliphatic carbocycles. The number of hydrogen-bond donors (Lipinski definition) is 0. The Labute approximate surface area is 131 Å². The number of para-hydroxylation sites is 1. The van der Waals surface area contributed by atoms with E-state index in [-0.39, 0.29) is 17.8 Å². The summed E-state index contributed by atoms with van der Waals surface area (Å²) in [7, 11) is -2.68. The van der Waals surface area contributed by atoms with Crippen LogP contribution in [-0.4, -0.2) is 48.4 Å². The molecule has 1 atom stereocenters. The molecular formula is C12H14N2O6S2. The zero-order chi connectivity index (χ0) is 16.3. The van der Waals surface area contributed by atoms with Crippen LogP contribution in [0.3, 0.4) is 0 Å². The van der Waals surface area contributed by atoms with E-state index in [2.05, 4.69) is 4.74 Å². The van der Waals surface area contributed by atoms with Crippen LogP contribution in [0, 0.1) is 10.1 Å². The molecule has 1 aromatic rings. The van der Waals surface area contributed by atoms with Gasteiger partial charge in [-0.2, -0.15) is 4.31 Å². The van der Waals surface area contributed by atoms with Gasteiger partial charge < -0.3 is 4.74 Å². The number of nitro groups is 1. The molecule has 0 bridgehead atoms. The minimum Gasteiger partial charge on any atom is -0.467 e. The van der Waals surface area contributed by atoms with E-state index in [4.69, 9.17) is 0 Å². The molecule has 0 N–H and O–H groups in total. The summed E-state index contributed by atoms with van der Waals surface area (Å²) in [6, 6.07) is 5.65. The van der Waals surface area contributed by atoms with Gasteiger partial charge in [0.05, 0.1) is 17.8 Å². The SMILES string of the molecule is COC(=O)C1SCCN1S(=O)(=O)Cc1ccccc1[N+](=O)[O-]. The van der Waals surface area contributed by atoms with Gasteiger partial charge in [-0.1, -0.05) is 18.2 Å². The van der Waals surface area contributed by atoms with Gasteiger partial charge in [0.25, 0.3) is 5.69 Å². The molecule has 1 heterocycles. The van der Waals surface area contributed by atoms with E-state index in [0.29, 0.717) is 5.75 Å². The van der Waals surface area contributed by atoms with Crippen molar-refractivity contribution in [1.29, 1.82) is 0 Å².